The van der Waals surface area contributed by atoms with E-state index in [9.17, 15) is 0 Å². The molecule has 1 saturated carbocycles. The third-order valence-electron chi connectivity index (χ3n) is 3.54. The van der Waals surface area contributed by atoms with Crippen molar-refractivity contribution < 1.29 is 0 Å². The molecule has 2 aliphatic rings. The molecule has 2 heteroatoms. The first kappa shape index (κ1) is 10.0. The van der Waals surface area contributed by atoms with Crippen LogP contribution in [0.5, 0.6) is 0 Å². The average molecular weight is 216 g/mol. The van der Waals surface area contributed by atoms with E-state index in [-0.39, 0.29) is 0 Å². The Morgan fingerprint density at radius 2 is 1.75 bits per heavy atom. The van der Waals surface area contributed by atoms with Crippen LogP contribution < -0.4 is 10.2 Å². The van der Waals surface area contributed by atoms with Crippen LogP contribution in [0.3, 0.4) is 0 Å². The van der Waals surface area contributed by atoms with Gasteiger partial charge < -0.3 is 10.2 Å². The first-order valence-electron chi connectivity index (χ1n) is 6.54. The lowest BCUT2D eigenvalue weighted by Crippen LogP contribution is -2.30. The Morgan fingerprint density at radius 1 is 1.00 bits per heavy atom. The number of anilines is 2. The Labute approximate surface area is 97.6 Å². The number of rotatable bonds is 3. The molecule has 16 heavy (non-hydrogen) atoms. The van der Waals surface area contributed by atoms with Crippen LogP contribution in [0.2, 0.25) is 0 Å². The highest BCUT2D eigenvalue weighted by Crippen LogP contribution is 2.32. The predicted molar refractivity (Wildman–Crippen MR) is 69.2 cm³/mol. The second-order valence-corrected chi connectivity index (χ2v) is 4.98. The Bertz CT molecular complexity index is 352. The van der Waals surface area contributed by atoms with Gasteiger partial charge in [-0.2, -0.15) is 0 Å². The van der Waals surface area contributed by atoms with Gasteiger partial charge in [0.05, 0.1) is 11.4 Å². The van der Waals surface area contributed by atoms with Gasteiger partial charge in [-0.05, 0) is 44.2 Å². The van der Waals surface area contributed by atoms with Crippen LogP contribution in [0.25, 0.3) is 0 Å². The van der Waals surface area contributed by atoms with E-state index < -0.39 is 0 Å². The Morgan fingerprint density at radius 3 is 2.50 bits per heavy atom. The second kappa shape index (κ2) is 4.36. The van der Waals surface area contributed by atoms with Crippen LogP contribution in [0.4, 0.5) is 11.4 Å². The van der Waals surface area contributed by atoms with E-state index in [0.717, 1.165) is 6.04 Å². The fourth-order valence-corrected chi connectivity index (χ4v) is 2.45. The Hall–Kier alpha value is -1.18. The van der Waals surface area contributed by atoms with Crippen molar-refractivity contribution in [3.05, 3.63) is 24.3 Å². The van der Waals surface area contributed by atoms with Crippen molar-refractivity contribution in [3.8, 4) is 0 Å². The van der Waals surface area contributed by atoms with E-state index in [1.54, 1.807) is 0 Å². The molecule has 1 aliphatic heterocycles. The molecule has 0 bridgehead atoms. The molecule has 2 fully saturated rings. The highest BCUT2D eigenvalue weighted by molar-refractivity contribution is 5.70. The summed E-state index contributed by atoms with van der Waals surface area (Å²) in [6, 6.07) is 9.52. The summed E-state index contributed by atoms with van der Waals surface area (Å²) in [6.07, 6.45) is 6.77. The van der Waals surface area contributed by atoms with E-state index in [2.05, 4.69) is 34.5 Å². The van der Waals surface area contributed by atoms with Gasteiger partial charge in [0.15, 0.2) is 0 Å². The maximum absolute atomic E-state index is 3.64. The zero-order valence-electron chi connectivity index (χ0n) is 9.78. The highest BCUT2D eigenvalue weighted by Gasteiger charge is 2.23. The van der Waals surface area contributed by atoms with Gasteiger partial charge in [0.25, 0.3) is 0 Å². The van der Waals surface area contributed by atoms with Crippen molar-refractivity contribution in [3.63, 3.8) is 0 Å². The Kier molecular flexibility index (Phi) is 2.73. The van der Waals surface area contributed by atoms with Gasteiger partial charge in [0.1, 0.15) is 0 Å². The van der Waals surface area contributed by atoms with Crippen LogP contribution in [-0.4, -0.2) is 19.1 Å². The number of nitrogens with one attached hydrogen (secondary N) is 1. The van der Waals surface area contributed by atoms with E-state index in [1.807, 2.05) is 0 Å². The third-order valence-corrected chi connectivity index (χ3v) is 3.54. The second-order valence-electron chi connectivity index (χ2n) is 4.98. The molecule has 3 rings (SSSR count). The van der Waals surface area contributed by atoms with Gasteiger partial charge in [0.2, 0.25) is 0 Å². The standard InChI is InChI=1S/C14H20N2/c1-4-10-16(11-5-1)14-7-3-2-6-13(14)15-12-8-9-12/h2-3,6-7,12,15H,1,4-5,8-11H2. The lowest BCUT2D eigenvalue weighted by Gasteiger charge is -2.30. The van der Waals surface area contributed by atoms with Crippen LogP contribution >= 0.6 is 0 Å². The van der Waals surface area contributed by atoms with E-state index in [1.165, 1.54) is 56.6 Å². The normalized spacial score (nSPS) is 20.9. The number of nitrogens with zero attached hydrogens (tertiary/aromatic N) is 1. The van der Waals surface area contributed by atoms with E-state index in [0.29, 0.717) is 0 Å². The largest absolute Gasteiger partial charge is 0.381 e. The lowest BCUT2D eigenvalue weighted by molar-refractivity contribution is 0.578. The quantitative estimate of drug-likeness (QED) is 0.834. The summed E-state index contributed by atoms with van der Waals surface area (Å²) in [6.45, 7) is 2.45. The van der Waals surface area contributed by atoms with Crippen LogP contribution in [0, 0.1) is 0 Å². The van der Waals surface area contributed by atoms with Gasteiger partial charge in [0, 0.05) is 19.1 Å². The molecule has 0 atom stereocenters. The van der Waals surface area contributed by atoms with Crippen molar-refractivity contribution in [2.24, 2.45) is 0 Å². The molecule has 1 N–H and O–H groups in total. The maximum Gasteiger partial charge on any atom is 0.0602 e. The van der Waals surface area contributed by atoms with E-state index in [4.69, 9.17) is 0 Å². The minimum absolute atomic E-state index is 0.742. The molecule has 0 aromatic heterocycles. The molecule has 0 radical (unpaired) electrons. The van der Waals surface area contributed by atoms with Gasteiger partial charge >= 0.3 is 0 Å². The fraction of sp³-hybridized carbons (Fsp3) is 0.571. The SMILES string of the molecule is c1ccc(N2CCCCC2)c(NC2CC2)c1. The summed E-state index contributed by atoms with van der Waals surface area (Å²) < 4.78 is 0. The predicted octanol–water partition coefficient (Wildman–Crippen LogP) is 3.25. The van der Waals surface area contributed by atoms with Crippen molar-refractivity contribution in [2.75, 3.05) is 23.3 Å². The van der Waals surface area contributed by atoms with Crippen molar-refractivity contribution in [1.29, 1.82) is 0 Å². The molecule has 1 aliphatic carbocycles. The zero-order valence-corrected chi connectivity index (χ0v) is 9.78. The molecule has 0 spiro atoms. The van der Waals surface area contributed by atoms with Crippen molar-refractivity contribution >= 4 is 11.4 Å². The van der Waals surface area contributed by atoms with Gasteiger partial charge in [-0.15, -0.1) is 0 Å². The molecule has 1 aromatic rings. The summed E-state index contributed by atoms with van der Waals surface area (Å²) >= 11 is 0. The molecule has 2 nitrogen and oxygen atoms in total. The van der Waals surface area contributed by atoms with E-state index >= 15 is 0 Å². The summed E-state index contributed by atoms with van der Waals surface area (Å²) in [7, 11) is 0. The van der Waals surface area contributed by atoms with Crippen molar-refractivity contribution in [2.45, 2.75) is 38.1 Å². The zero-order chi connectivity index (χ0) is 10.8. The van der Waals surface area contributed by atoms with Gasteiger partial charge in [-0.1, -0.05) is 12.1 Å². The van der Waals surface area contributed by atoms with Crippen molar-refractivity contribution in [1.82, 2.24) is 0 Å². The van der Waals surface area contributed by atoms with Gasteiger partial charge in [-0.25, -0.2) is 0 Å². The maximum atomic E-state index is 3.64. The minimum atomic E-state index is 0.742. The molecule has 0 amide bonds. The van der Waals surface area contributed by atoms with Crippen LogP contribution in [-0.2, 0) is 0 Å². The fourth-order valence-electron chi connectivity index (χ4n) is 2.45. The molecule has 0 unspecified atom stereocenters. The number of benzene rings is 1. The minimum Gasteiger partial charge on any atom is -0.381 e. The number of hydrogen-bond donors (Lipinski definition) is 1. The number of piperidine rings is 1. The molecular weight excluding hydrogens is 196 g/mol. The van der Waals surface area contributed by atoms with Crippen LogP contribution in [0.15, 0.2) is 24.3 Å². The highest BCUT2D eigenvalue weighted by atomic mass is 15.2. The Balaban J connectivity index is 1.79. The van der Waals surface area contributed by atoms with Gasteiger partial charge in [-0.3, -0.25) is 0 Å². The first-order valence-corrected chi connectivity index (χ1v) is 6.54. The summed E-state index contributed by atoms with van der Waals surface area (Å²) in [5, 5.41) is 3.64. The molecule has 1 aromatic carbocycles. The summed E-state index contributed by atoms with van der Waals surface area (Å²) in [5.41, 5.74) is 2.75. The third kappa shape index (κ3) is 2.16. The number of para-hydroxylation sites is 2. The topological polar surface area (TPSA) is 15.3 Å². The molecular formula is C14H20N2. The summed E-state index contributed by atoms with van der Waals surface area (Å²) in [5.74, 6) is 0. The lowest BCUT2D eigenvalue weighted by atomic mass is 10.1. The molecule has 86 valence electrons. The smallest absolute Gasteiger partial charge is 0.0602 e. The number of hydrogen-bond acceptors (Lipinski definition) is 2. The molecule has 1 heterocycles. The average Bonchev–Trinajstić information content (AvgIpc) is 3.15. The first-order chi connectivity index (χ1) is 7.93. The molecule has 1 saturated heterocycles. The van der Waals surface area contributed by atoms with Crippen LogP contribution in [0.1, 0.15) is 32.1 Å². The summed E-state index contributed by atoms with van der Waals surface area (Å²) in [4.78, 5) is 2.54. The monoisotopic (exact) mass is 216 g/mol.